The van der Waals surface area contributed by atoms with E-state index in [-0.39, 0.29) is 0 Å². The lowest BCUT2D eigenvalue weighted by atomic mass is 10.0. The van der Waals surface area contributed by atoms with E-state index in [0.29, 0.717) is 22.9 Å². The number of aliphatic hydroxyl groups excluding tert-OH is 1. The van der Waals surface area contributed by atoms with Crippen molar-refractivity contribution in [2.75, 3.05) is 0 Å². The maximum atomic E-state index is 10.3. The number of hydrogen-bond acceptors (Lipinski definition) is 2. The van der Waals surface area contributed by atoms with Crippen molar-refractivity contribution in [2.24, 2.45) is 0 Å². The highest BCUT2D eigenvalue weighted by atomic mass is 79.9. The minimum Gasteiger partial charge on any atom is -0.392 e. The average Bonchev–Trinajstić information content (AvgIpc) is 2.69. The molecule has 0 saturated carbocycles. The molecule has 0 bridgehead atoms. The van der Waals surface area contributed by atoms with Crippen LogP contribution in [0.15, 0.2) is 22.7 Å². The number of aromatic nitrogens is 2. The normalized spacial score (nSPS) is 12.7. The highest BCUT2D eigenvalue weighted by Gasteiger charge is 2.17. The Morgan fingerprint density at radius 1 is 1.33 bits per heavy atom. The van der Waals surface area contributed by atoms with Crippen molar-refractivity contribution in [3.05, 3.63) is 49.7 Å². The van der Waals surface area contributed by atoms with E-state index in [1.165, 1.54) is 0 Å². The van der Waals surface area contributed by atoms with Crippen LogP contribution in [-0.2, 0) is 19.4 Å². The Bertz CT molecular complexity index is 643. The summed E-state index contributed by atoms with van der Waals surface area (Å²) in [6.45, 7) is 4.75. The molecule has 1 atom stereocenters. The molecular formula is C15H17BrCl2N2O. The number of nitrogens with zero attached hydrogens (tertiary/aromatic N) is 2. The Kier molecular flexibility index (Phi) is 5.72. The molecule has 0 aliphatic heterocycles. The summed E-state index contributed by atoms with van der Waals surface area (Å²) < 4.78 is 2.87. The molecule has 1 heterocycles. The minimum absolute atomic E-state index is 0.483. The zero-order valence-corrected chi connectivity index (χ0v) is 15.0. The van der Waals surface area contributed by atoms with E-state index in [1.54, 1.807) is 12.1 Å². The first kappa shape index (κ1) is 16.8. The molecular weight excluding hydrogens is 375 g/mol. The van der Waals surface area contributed by atoms with Crippen LogP contribution < -0.4 is 0 Å². The first-order valence-electron chi connectivity index (χ1n) is 6.76. The quantitative estimate of drug-likeness (QED) is 0.818. The Morgan fingerprint density at radius 2 is 2.05 bits per heavy atom. The van der Waals surface area contributed by atoms with Crippen molar-refractivity contribution in [2.45, 2.75) is 39.3 Å². The lowest BCUT2D eigenvalue weighted by Gasteiger charge is -2.13. The topological polar surface area (TPSA) is 38.0 Å². The SMILES string of the molecule is CCn1nc(C)c(Br)c1CC(O)Cc1ccc(Cl)cc1Cl. The molecule has 3 nitrogen and oxygen atoms in total. The van der Waals surface area contributed by atoms with Crippen LogP contribution >= 0.6 is 39.1 Å². The minimum atomic E-state index is -0.527. The van der Waals surface area contributed by atoms with Crippen LogP contribution in [0.5, 0.6) is 0 Å². The van der Waals surface area contributed by atoms with Crippen LogP contribution in [0.3, 0.4) is 0 Å². The Labute approximate surface area is 143 Å². The molecule has 0 amide bonds. The van der Waals surface area contributed by atoms with E-state index in [4.69, 9.17) is 23.2 Å². The summed E-state index contributed by atoms with van der Waals surface area (Å²) in [5.41, 5.74) is 2.83. The fourth-order valence-corrected chi connectivity index (χ4v) is 3.23. The second kappa shape index (κ2) is 7.14. The summed E-state index contributed by atoms with van der Waals surface area (Å²) in [7, 11) is 0. The molecule has 2 rings (SSSR count). The number of aryl methyl sites for hydroxylation is 2. The molecule has 0 saturated heterocycles. The average molecular weight is 392 g/mol. The van der Waals surface area contributed by atoms with Gasteiger partial charge in [-0.3, -0.25) is 4.68 Å². The number of rotatable bonds is 5. The number of hydrogen-bond donors (Lipinski definition) is 1. The molecule has 0 aliphatic rings. The fourth-order valence-electron chi connectivity index (χ4n) is 2.30. The van der Waals surface area contributed by atoms with Crippen LogP contribution in [0.25, 0.3) is 0 Å². The van der Waals surface area contributed by atoms with Gasteiger partial charge in [-0.25, -0.2) is 0 Å². The van der Waals surface area contributed by atoms with Gasteiger partial charge in [-0.2, -0.15) is 5.10 Å². The third kappa shape index (κ3) is 4.01. The summed E-state index contributed by atoms with van der Waals surface area (Å²) in [5.74, 6) is 0. The number of benzene rings is 1. The molecule has 0 radical (unpaired) electrons. The van der Waals surface area contributed by atoms with Gasteiger partial charge in [0.1, 0.15) is 0 Å². The van der Waals surface area contributed by atoms with Gasteiger partial charge < -0.3 is 5.11 Å². The summed E-state index contributed by atoms with van der Waals surface area (Å²) in [4.78, 5) is 0. The van der Waals surface area contributed by atoms with Gasteiger partial charge in [0.25, 0.3) is 0 Å². The predicted octanol–water partition coefficient (Wildman–Crippen LogP) is 4.43. The standard InChI is InChI=1S/C15H17BrCl2N2O/c1-3-20-14(15(16)9(2)19-20)8-12(21)6-10-4-5-11(17)7-13(10)18/h4-5,7,12,21H,3,6,8H2,1-2H3. The molecule has 0 aliphatic carbocycles. The van der Waals surface area contributed by atoms with E-state index in [1.807, 2.05) is 24.6 Å². The van der Waals surface area contributed by atoms with E-state index in [0.717, 1.165) is 28.0 Å². The first-order chi connectivity index (χ1) is 9.92. The molecule has 0 fully saturated rings. The van der Waals surface area contributed by atoms with Crippen molar-refractivity contribution in [1.82, 2.24) is 9.78 Å². The second-order valence-corrected chi connectivity index (χ2v) is 6.60. The van der Waals surface area contributed by atoms with Crippen molar-refractivity contribution in [3.8, 4) is 0 Å². The van der Waals surface area contributed by atoms with E-state index >= 15 is 0 Å². The largest absolute Gasteiger partial charge is 0.392 e. The van der Waals surface area contributed by atoms with Crippen LogP contribution in [0.1, 0.15) is 23.9 Å². The monoisotopic (exact) mass is 390 g/mol. The van der Waals surface area contributed by atoms with Gasteiger partial charge in [0.2, 0.25) is 0 Å². The molecule has 1 aromatic carbocycles. The Balaban J connectivity index is 2.13. The van der Waals surface area contributed by atoms with Crippen molar-refractivity contribution < 1.29 is 5.11 Å². The summed E-state index contributed by atoms with van der Waals surface area (Å²) in [6.07, 6.45) is 0.478. The third-order valence-electron chi connectivity index (χ3n) is 3.35. The molecule has 1 unspecified atom stereocenters. The van der Waals surface area contributed by atoms with Crippen LogP contribution in [0.2, 0.25) is 10.0 Å². The zero-order valence-electron chi connectivity index (χ0n) is 11.9. The van der Waals surface area contributed by atoms with Gasteiger partial charge in [-0.15, -0.1) is 0 Å². The van der Waals surface area contributed by atoms with Crippen molar-refractivity contribution in [3.63, 3.8) is 0 Å². The molecule has 21 heavy (non-hydrogen) atoms. The number of aliphatic hydroxyl groups is 1. The van der Waals surface area contributed by atoms with Crippen LogP contribution in [-0.4, -0.2) is 21.0 Å². The van der Waals surface area contributed by atoms with Gasteiger partial charge in [-0.1, -0.05) is 29.3 Å². The van der Waals surface area contributed by atoms with Crippen molar-refractivity contribution in [1.29, 1.82) is 0 Å². The summed E-state index contributed by atoms with van der Waals surface area (Å²) >= 11 is 15.6. The first-order valence-corrected chi connectivity index (χ1v) is 8.31. The van der Waals surface area contributed by atoms with Gasteiger partial charge in [0.15, 0.2) is 0 Å². The Morgan fingerprint density at radius 3 is 2.67 bits per heavy atom. The smallest absolute Gasteiger partial charge is 0.0738 e. The lowest BCUT2D eigenvalue weighted by Crippen LogP contribution is -2.17. The lowest BCUT2D eigenvalue weighted by molar-refractivity contribution is 0.172. The highest BCUT2D eigenvalue weighted by Crippen LogP contribution is 2.25. The third-order valence-corrected chi connectivity index (χ3v) is 4.97. The maximum absolute atomic E-state index is 10.3. The maximum Gasteiger partial charge on any atom is 0.0738 e. The van der Waals surface area contributed by atoms with Gasteiger partial charge >= 0.3 is 0 Å². The molecule has 0 spiro atoms. The highest BCUT2D eigenvalue weighted by molar-refractivity contribution is 9.10. The molecule has 1 aromatic heterocycles. The van der Waals surface area contributed by atoms with Gasteiger partial charge in [-0.05, 0) is 47.5 Å². The van der Waals surface area contributed by atoms with E-state index in [2.05, 4.69) is 21.0 Å². The molecule has 1 N–H and O–H groups in total. The van der Waals surface area contributed by atoms with E-state index in [9.17, 15) is 5.11 Å². The molecule has 6 heteroatoms. The van der Waals surface area contributed by atoms with Gasteiger partial charge in [0, 0.05) is 29.4 Å². The number of halogens is 3. The van der Waals surface area contributed by atoms with Crippen LogP contribution in [0, 0.1) is 6.92 Å². The predicted molar refractivity (Wildman–Crippen MR) is 90.2 cm³/mol. The van der Waals surface area contributed by atoms with Crippen molar-refractivity contribution >= 4 is 39.1 Å². The summed E-state index contributed by atoms with van der Waals surface area (Å²) in [6, 6.07) is 5.33. The summed E-state index contributed by atoms with van der Waals surface area (Å²) in [5, 5.41) is 16.0. The zero-order chi connectivity index (χ0) is 15.6. The van der Waals surface area contributed by atoms with E-state index < -0.39 is 6.10 Å². The second-order valence-electron chi connectivity index (χ2n) is 4.96. The fraction of sp³-hybridized carbons (Fsp3) is 0.400. The van der Waals surface area contributed by atoms with Gasteiger partial charge in [0.05, 0.1) is 22.0 Å². The van der Waals surface area contributed by atoms with Crippen LogP contribution in [0.4, 0.5) is 0 Å². The Hall–Kier alpha value is -0.550. The molecule has 114 valence electrons. The molecule has 2 aromatic rings.